The zero-order chi connectivity index (χ0) is 21.0. The van der Waals surface area contributed by atoms with Gasteiger partial charge in [-0.1, -0.05) is 25.5 Å². The van der Waals surface area contributed by atoms with Crippen LogP contribution < -0.4 is 9.64 Å². The molecule has 31 heavy (non-hydrogen) atoms. The van der Waals surface area contributed by atoms with Gasteiger partial charge in [-0.25, -0.2) is 15.0 Å². The number of hydrogen-bond donors (Lipinski definition) is 1. The summed E-state index contributed by atoms with van der Waals surface area (Å²) in [6.07, 6.45) is 11.8. The van der Waals surface area contributed by atoms with Gasteiger partial charge in [0.2, 0.25) is 0 Å². The Labute approximate surface area is 182 Å². The second-order valence-electron chi connectivity index (χ2n) is 8.24. The predicted octanol–water partition coefficient (Wildman–Crippen LogP) is 4.50. The minimum absolute atomic E-state index is 0.269. The van der Waals surface area contributed by atoms with Gasteiger partial charge in [0.25, 0.3) is 0 Å². The second kappa shape index (κ2) is 8.96. The van der Waals surface area contributed by atoms with Crippen molar-refractivity contribution in [3.05, 3.63) is 47.7 Å². The van der Waals surface area contributed by atoms with Gasteiger partial charge in [-0.05, 0) is 43.4 Å². The van der Waals surface area contributed by atoms with Crippen LogP contribution in [0.1, 0.15) is 50.2 Å². The van der Waals surface area contributed by atoms with E-state index in [9.17, 15) is 0 Å². The number of fused-ring (bicyclic) bond motifs is 2. The van der Waals surface area contributed by atoms with Crippen LogP contribution in [0.2, 0.25) is 0 Å². The lowest BCUT2D eigenvalue weighted by Crippen LogP contribution is -2.35. The summed E-state index contributed by atoms with van der Waals surface area (Å²) in [5, 5.41) is 0. The van der Waals surface area contributed by atoms with E-state index in [1.807, 2.05) is 0 Å². The quantitative estimate of drug-likeness (QED) is 0.542. The van der Waals surface area contributed by atoms with Crippen molar-refractivity contribution in [2.24, 2.45) is 0 Å². The first kappa shape index (κ1) is 19.8. The molecule has 1 aliphatic heterocycles. The van der Waals surface area contributed by atoms with Gasteiger partial charge in [0, 0.05) is 18.5 Å². The first-order valence-electron chi connectivity index (χ1n) is 11.3. The number of H-pyrrole nitrogens is 1. The summed E-state index contributed by atoms with van der Waals surface area (Å²) in [5.41, 5.74) is 4.10. The minimum Gasteiger partial charge on any atom is -0.498 e. The van der Waals surface area contributed by atoms with Crippen molar-refractivity contribution >= 4 is 23.1 Å². The summed E-state index contributed by atoms with van der Waals surface area (Å²) in [6, 6.07) is 6.63. The van der Waals surface area contributed by atoms with Gasteiger partial charge in [-0.3, -0.25) is 0 Å². The molecule has 3 heterocycles. The topological polar surface area (TPSA) is 76.2 Å². The third kappa shape index (κ3) is 4.09. The molecule has 2 aliphatic rings. The zero-order valence-electron chi connectivity index (χ0n) is 18.0. The number of nitrogens with one attached hydrogen (secondary N) is 1. The van der Waals surface area contributed by atoms with Crippen LogP contribution in [0.3, 0.4) is 0 Å². The number of aromatic nitrogens is 4. The summed E-state index contributed by atoms with van der Waals surface area (Å²) in [4.78, 5) is 18.6. The van der Waals surface area contributed by atoms with Crippen molar-refractivity contribution in [2.45, 2.75) is 51.5 Å². The summed E-state index contributed by atoms with van der Waals surface area (Å²) in [7, 11) is 0. The number of aromatic amines is 1. The van der Waals surface area contributed by atoms with Gasteiger partial charge in [-0.15, -0.1) is 0 Å². The SMILES string of the molecule is CCCCOC1=Cc2c(cccc2OC[C@H]2CCCN2c2ncnc3nc[nH]c23)CC1. The second-order valence-corrected chi connectivity index (χ2v) is 8.24. The highest BCUT2D eigenvalue weighted by atomic mass is 16.5. The lowest BCUT2D eigenvalue weighted by Gasteiger charge is -2.27. The van der Waals surface area contributed by atoms with Crippen LogP contribution >= 0.6 is 0 Å². The fourth-order valence-corrected chi connectivity index (χ4v) is 4.49. The van der Waals surface area contributed by atoms with E-state index in [0.717, 1.165) is 74.5 Å². The number of aryl methyl sites for hydroxylation is 1. The van der Waals surface area contributed by atoms with Crippen LogP contribution in [0.15, 0.2) is 36.6 Å². The molecule has 0 spiro atoms. The molecular formula is C24H29N5O2. The number of ether oxygens (including phenoxy) is 2. The Morgan fingerprint density at radius 2 is 2.13 bits per heavy atom. The molecule has 1 atom stereocenters. The molecule has 2 aromatic heterocycles. The van der Waals surface area contributed by atoms with E-state index in [1.54, 1.807) is 12.7 Å². The molecule has 1 fully saturated rings. The van der Waals surface area contributed by atoms with Gasteiger partial charge in [0.05, 0.1) is 24.7 Å². The highest BCUT2D eigenvalue weighted by Gasteiger charge is 2.29. The van der Waals surface area contributed by atoms with E-state index in [0.29, 0.717) is 12.3 Å². The molecule has 7 nitrogen and oxygen atoms in total. The number of hydrogen-bond acceptors (Lipinski definition) is 6. The average Bonchev–Trinajstić information content (AvgIpc) is 3.47. The predicted molar refractivity (Wildman–Crippen MR) is 121 cm³/mol. The van der Waals surface area contributed by atoms with Crippen LogP contribution in [0.5, 0.6) is 5.75 Å². The van der Waals surface area contributed by atoms with E-state index < -0.39 is 0 Å². The number of imidazole rings is 1. The van der Waals surface area contributed by atoms with Crippen LogP contribution in [-0.4, -0.2) is 45.7 Å². The number of anilines is 1. The fourth-order valence-electron chi connectivity index (χ4n) is 4.49. The van der Waals surface area contributed by atoms with Crippen LogP contribution in [-0.2, 0) is 11.2 Å². The van der Waals surface area contributed by atoms with E-state index >= 15 is 0 Å². The summed E-state index contributed by atoms with van der Waals surface area (Å²) >= 11 is 0. The molecule has 3 aromatic rings. The molecule has 7 heteroatoms. The van der Waals surface area contributed by atoms with E-state index in [2.05, 4.69) is 56.0 Å². The number of nitrogens with zero attached hydrogens (tertiary/aromatic N) is 4. The molecule has 5 rings (SSSR count). The van der Waals surface area contributed by atoms with Gasteiger partial charge in [0.15, 0.2) is 11.5 Å². The average molecular weight is 420 g/mol. The molecule has 0 unspecified atom stereocenters. The van der Waals surface area contributed by atoms with Crippen LogP contribution in [0, 0.1) is 0 Å². The lowest BCUT2D eigenvalue weighted by molar-refractivity contribution is 0.200. The Balaban J connectivity index is 1.32. The molecule has 1 saturated heterocycles. The van der Waals surface area contributed by atoms with E-state index in [1.165, 1.54) is 11.1 Å². The highest BCUT2D eigenvalue weighted by Crippen LogP contribution is 2.33. The maximum atomic E-state index is 6.40. The smallest absolute Gasteiger partial charge is 0.182 e. The Bertz CT molecular complexity index is 1080. The lowest BCUT2D eigenvalue weighted by atomic mass is 9.95. The first-order chi connectivity index (χ1) is 15.3. The summed E-state index contributed by atoms with van der Waals surface area (Å²) in [6.45, 7) is 4.56. The molecule has 162 valence electrons. The molecule has 0 bridgehead atoms. The molecular weight excluding hydrogens is 390 g/mol. The van der Waals surface area contributed by atoms with Crippen molar-refractivity contribution in [3.63, 3.8) is 0 Å². The first-order valence-corrected chi connectivity index (χ1v) is 11.3. The van der Waals surface area contributed by atoms with Crippen molar-refractivity contribution < 1.29 is 9.47 Å². The minimum atomic E-state index is 0.269. The fraction of sp³-hybridized carbons (Fsp3) is 0.458. The van der Waals surface area contributed by atoms with Crippen molar-refractivity contribution in [1.82, 2.24) is 19.9 Å². The summed E-state index contributed by atoms with van der Waals surface area (Å²) in [5.74, 6) is 2.92. The number of unbranched alkanes of at least 4 members (excludes halogenated alkanes) is 1. The standard InChI is InChI=1S/C24H29N5O2/c1-2-3-12-30-19-10-9-17-6-4-8-21(20(17)13-19)31-14-18-7-5-11-29(18)24-22-23(26-15-25-22)27-16-28-24/h4,6,8,13,15-16,18H,2-3,5,7,9-12,14H2,1H3,(H,25,26,27,28)/t18-/m1/s1. The zero-order valence-corrected chi connectivity index (χ0v) is 18.0. The Hall–Kier alpha value is -3.09. The Morgan fingerprint density at radius 1 is 1.16 bits per heavy atom. The van der Waals surface area contributed by atoms with Gasteiger partial charge < -0.3 is 19.4 Å². The Kier molecular flexibility index (Phi) is 5.74. The van der Waals surface area contributed by atoms with Crippen molar-refractivity contribution in [2.75, 3.05) is 24.7 Å². The largest absolute Gasteiger partial charge is 0.498 e. The van der Waals surface area contributed by atoms with E-state index in [4.69, 9.17) is 9.47 Å². The summed E-state index contributed by atoms with van der Waals surface area (Å²) < 4.78 is 12.4. The van der Waals surface area contributed by atoms with Crippen molar-refractivity contribution in [3.8, 4) is 5.75 Å². The van der Waals surface area contributed by atoms with Crippen LogP contribution in [0.25, 0.3) is 17.2 Å². The number of benzene rings is 1. The van der Waals surface area contributed by atoms with Gasteiger partial charge >= 0.3 is 0 Å². The van der Waals surface area contributed by atoms with Crippen LogP contribution in [0.4, 0.5) is 5.82 Å². The molecule has 1 aliphatic carbocycles. The number of rotatable bonds is 8. The monoisotopic (exact) mass is 419 g/mol. The molecule has 0 radical (unpaired) electrons. The highest BCUT2D eigenvalue weighted by molar-refractivity contribution is 5.83. The molecule has 1 N–H and O–H groups in total. The molecule has 0 amide bonds. The van der Waals surface area contributed by atoms with Gasteiger partial charge in [-0.2, -0.15) is 0 Å². The molecule has 1 aromatic carbocycles. The third-order valence-corrected chi connectivity index (χ3v) is 6.17. The molecule has 0 saturated carbocycles. The normalized spacial score (nSPS) is 18.2. The maximum absolute atomic E-state index is 6.40. The maximum Gasteiger partial charge on any atom is 0.182 e. The third-order valence-electron chi connectivity index (χ3n) is 6.17. The Morgan fingerprint density at radius 3 is 3.06 bits per heavy atom. The van der Waals surface area contributed by atoms with Crippen molar-refractivity contribution in [1.29, 1.82) is 0 Å². The van der Waals surface area contributed by atoms with Gasteiger partial charge in [0.1, 0.15) is 24.2 Å². The van der Waals surface area contributed by atoms with E-state index in [-0.39, 0.29) is 6.04 Å². The number of allylic oxidation sites excluding steroid dienone is 1.